The van der Waals surface area contributed by atoms with E-state index in [2.05, 4.69) is 0 Å². The Morgan fingerprint density at radius 1 is 1.31 bits per heavy atom. The summed E-state index contributed by atoms with van der Waals surface area (Å²) in [5.41, 5.74) is 1.79. The molecule has 1 unspecified atom stereocenters. The van der Waals surface area contributed by atoms with E-state index in [0.29, 0.717) is 17.9 Å². The maximum atomic E-state index is 10.8. The van der Waals surface area contributed by atoms with Gasteiger partial charge in [0.25, 0.3) is 0 Å². The molecule has 1 atom stereocenters. The first-order valence-electron chi connectivity index (χ1n) is 5.34. The van der Waals surface area contributed by atoms with Crippen molar-refractivity contribution in [1.29, 1.82) is 0 Å². The van der Waals surface area contributed by atoms with Crippen LogP contribution in [0.2, 0.25) is 5.02 Å². The molecule has 84 valence electrons. The lowest BCUT2D eigenvalue weighted by atomic mass is 9.85. The van der Waals surface area contributed by atoms with Gasteiger partial charge in [0.15, 0.2) is 0 Å². The molecule has 0 fully saturated rings. The number of halogens is 1. The van der Waals surface area contributed by atoms with Crippen molar-refractivity contribution in [3.8, 4) is 0 Å². The molecule has 0 spiro atoms. The van der Waals surface area contributed by atoms with Gasteiger partial charge in [0.1, 0.15) is 0 Å². The van der Waals surface area contributed by atoms with E-state index in [4.69, 9.17) is 16.7 Å². The van der Waals surface area contributed by atoms with E-state index < -0.39 is 5.97 Å². The monoisotopic (exact) mass is 236 g/mol. The van der Waals surface area contributed by atoms with Gasteiger partial charge in [0.05, 0.1) is 0 Å². The number of benzene rings is 1. The Balaban J connectivity index is 2.09. The zero-order valence-electron chi connectivity index (χ0n) is 8.82. The predicted molar refractivity (Wildman–Crippen MR) is 63.8 cm³/mol. The zero-order chi connectivity index (χ0) is 11.5. The van der Waals surface area contributed by atoms with Crippen LogP contribution in [0.1, 0.15) is 30.7 Å². The smallest absolute Gasteiger partial charge is 0.331 e. The highest BCUT2D eigenvalue weighted by Crippen LogP contribution is 2.32. The number of hydrogen-bond donors (Lipinski definition) is 1. The summed E-state index contributed by atoms with van der Waals surface area (Å²) < 4.78 is 0. The quantitative estimate of drug-likeness (QED) is 0.852. The van der Waals surface area contributed by atoms with Crippen LogP contribution in [0.15, 0.2) is 35.9 Å². The van der Waals surface area contributed by atoms with Crippen LogP contribution in [0.5, 0.6) is 0 Å². The number of aliphatic carboxylic acids is 1. The van der Waals surface area contributed by atoms with Crippen LogP contribution in [-0.2, 0) is 4.79 Å². The van der Waals surface area contributed by atoms with Gasteiger partial charge in [0.2, 0.25) is 0 Å². The van der Waals surface area contributed by atoms with Gasteiger partial charge in [-0.1, -0.05) is 29.8 Å². The number of rotatable bonds is 2. The van der Waals surface area contributed by atoms with Crippen molar-refractivity contribution in [1.82, 2.24) is 0 Å². The van der Waals surface area contributed by atoms with Gasteiger partial charge in [-0.3, -0.25) is 0 Å². The maximum Gasteiger partial charge on any atom is 0.331 e. The summed E-state index contributed by atoms with van der Waals surface area (Å²) in [6.45, 7) is 0. The third kappa shape index (κ3) is 2.45. The molecule has 1 aliphatic rings. The Kier molecular flexibility index (Phi) is 3.30. The van der Waals surface area contributed by atoms with Crippen LogP contribution in [0.25, 0.3) is 0 Å². The highest BCUT2D eigenvalue weighted by molar-refractivity contribution is 6.30. The van der Waals surface area contributed by atoms with Crippen LogP contribution >= 0.6 is 11.6 Å². The fourth-order valence-corrected chi connectivity index (χ4v) is 2.19. The Morgan fingerprint density at radius 3 is 2.50 bits per heavy atom. The highest BCUT2D eigenvalue weighted by Gasteiger charge is 2.19. The van der Waals surface area contributed by atoms with E-state index in [1.807, 2.05) is 30.3 Å². The van der Waals surface area contributed by atoms with Crippen molar-refractivity contribution in [2.75, 3.05) is 0 Å². The standard InChI is InChI=1S/C13H13ClO2/c14-12-7-5-10(6-8-12)9-1-3-11(4-2-9)13(15)16/h3,5-9H,1-2,4H2,(H,15,16). The van der Waals surface area contributed by atoms with E-state index in [1.54, 1.807) is 0 Å². The molecule has 1 aromatic rings. The van der Waals surface area contributed by atoms with Gasteiger partial charge in [-0.15, -0.1) is 0 Å². The van der Waals surface area contributed by atoms with Gasteiger partial charge >= 0.3 is 5.97 Å². The number of hydrogen-bond acceptors (Lipinski definition) is 1. The van der Waals surface area contributed by atoms with Crippen LogP contribution < -0.4 is 0 Å². The molecule has 0 bridgehead atoms. The third-order valence-electron chi connectivity index (χ3n) is 3.03. The van der Waals surface area contributed by atoms with Gasteiger partial charge in [-0.25, -0.2) is 4.79 Å². The Morgan fingerprint density at radius 2 is 2.00 bits per heavy atom. The van der Waals surface area contributed by atoms with Crippen LogP contribution in [0.4, 0.5) is 0 Å². The fourth-order valence-electron chi connectivity index (χ4n) is 2.07. The minimum absolute atomic E-state index is 0.431. The molecule has 1 aromatic carbocycles. The second-order valence-corrected chi connectivity index (χ2v) is 4.49. The Bertz CT molecular complexity index is 420. The number of carboxylic acid groups (broad SMARTS) is 1. The lowest BCUT2D eigenvalue weighted by molar-refractivity contribution is -0.132. The minimum Gasteiger partial charge on any atom is -0.478 e. The van der Waals surface area contributed by atoms with E-state index in [0.717, 1.165) is 17.9 Å². The topological polar surface area (TPSA) is 37.3 Å². The fraction of sp³-hybridized carbons (Fsp3) is 0.308. The van der Waals surface area contributed by atoms with E-state index in [-0.39, 0.29) is 0 Å². The molecule has 2 nitrogen and oxygen atoms in total. The Labute approximate surface area is 99.5 Å². The second-order valence-electron chi connectivity index (χ2n) is 4.06. The average molecular weight is 237 g/mol. The van der Waals surface area contributed by atoms with Gasteiger partial charge in [0, 0.05) is 10.6 Å². The van der Waals surface area contributed by atoms with Crippen molar-refractivity contribution in [3.05, 3.63) is 46.5 Å². The third-order valence-corrected chi connectivity index (χ3v) is 3.28. The lowest BCUT2D eigenvalue weighted by Crippen LogP contribution is -2.09. The molecule has 2 rings (SSSR count). The first kappa shape index (κ1) is 11.2. The molecular weight excluding hydrogens is 224 g/mol. The first-order chi connectivity index (χ1) is 7.66. The van der Waals surface area contributed by atoms with E-state index in [1.165, 1.54) is 5.56 Å². The molecule has 0 aliphatic heterocycles. The van der Waals surface area contributed by atoms with E-state index >= 15 is 0 Å². The summed E-state index contributed by atoms with van der Waals surface area (Å²) in [7, 11) is 0. The molecule has 3 heteroatoms. The molecular formula is C13H13ClO2. The number of carbonyl (C=O) groups is 1. The van der Waals surface area contributed by atoms with Crippen molar-refractivity contribution < 1.29 is 9.90 Å². The summed E-state index contributed by atoms with van der Waals surface area (Å²) >= 11 is 5.83. The van der Waals surface area contributed by atoms with Crippen LogP contribution in [0.3, 0.4) is 0 Å². The van der Waals surface area contributed by atoms with Crippen molar-refractivity contribution >= 4 is 17.6 Å². The molecule has 0 saturated carbocycles. The minimum atomic E-state index is -0.783. The molecule has 1 N–H and O–H groups in total. The molecule has 0 heterocycles. The summed E-state index contributed by atoms with van der Waals surface area (Å²) in [5, 5.41) is 9.58. The largest absolute Gasteiger partial charge is 0.478 e. The van der Waals surface area contributed by atoms with E-state index in [9.17, 15) is 4.79 Å². The highest BCUT2D eigenvalue weighted by atomic mass is 35.5. The average Bonchev–Trinajstić information content (AvgIpc) is 2.30. The first-order valence-corrected chi connectivity index (χ1v) is 5.72. The van der Waals surface area contributed by atoms with Crippen LogP contribution in [-0.4, -0.2) is 11.1 Å². The van der Waals surface area contributed by atoms with Gasteiger partial charge in [-0.05, 0) is 42.9 Å². The van der Waals surface area contributed by atoms with Crippen molar-refractivity contribution in [3.63, 3.8) is 0 Å². The normalized spacial score (nSPS) is 20.3. The second kappa shape index (κ2) is 4.71. The van der Waals surface area contributed by atoms with Crippen molar-refractivity contribution in [2.45, 2.75) is 25.2 Å². The lowest BCUT2D eigenvalue weighted by Gasteiger charge is -2.20. The molecule has 16 heavy (non-hydrogen) atoms. The molecule has 0 amide bonds. The van der Waals surface area contributed by atoms with Gasteiger partial charge in [-0.2, -0.15) is 0 Å². The Hall–Kier alpha value is -1.28. The van der Waals surface area contributed by atoms with Crippen LogP contribution in [0, 0.1) is 0 Å². The molecule has 0 saturated heterocycles. The molecule has 0 aromatic heterocycles. The summed E-state index contributed by atoms with van der Waals surface area (Å²) in [6, 6.07) is 7.81. The number of allylic oxidation sites excluding steroid dienone is 1. The maximum absolute atomic E-state index is 10.8. The summed E-state index contributed by atoms with van der Waals surface area (Å²) in [5.74, 6) is -0.352. The predicted octanol–water partition coefficient (Wildman–Crippen LogP) is 3.62. The summed E-state index contributed by atoms with van der Waals surface area (Å²) in [4.78, 5) is 10.8. The number of carboxylic acids is 1. The van der Waals surface area contributed by atoms with Gasteiger partial charge < -0.3 is 5.11 Å². The SMILES string of the molecule is O=C(O)C1=CCC(c2ccc(Cl)cc2)CC1. The summed E-state index contributed by atoms with van der Waals surface area (Å²) in [6.07, 6.45) is 4.21. The van der Waals surface area contributed by atoms with Crippen molar-refractivity contribution in [2.24, 2.45) is 0 Å². The zero-order valence-corrected chi connectivity index (χ0v) is 9.57. The molecule has 1 aliphatic carbocycles. The molecule has 0 radical (unpaired) electrons.